The zero-order valence-electron chi connectivity index (χ0n) is 11.9. The summed E-state index contributed by atoms with van der Waals surface area (Å²) in [5.41, 5.74) is 8.38. The molecule has 5 heteroatoms. The van der Waals surface area contributed by atoms with Crippen LogP contribution in [-0.4, -0.2) is 12.3 Å². The van der Waals surface area contributed by atoms with Crippen molar-refractivity contribution in [1.29, 1.82) is 0 Å². The molecule has 108 valence electrons. The third-order valence-corrected chi connectivity index (χ3v) is 3.69. The molecular formula is C15H19ClN2O2. The molecule has 0 bridgehead atoms. The molecule has 0 aliphatic rings. The van der Waals surface area contributed by atoms with Crippen LogP contribution < -0.4 is 10.5 Å². The van der Waals surface area contributed by atoms with Gasteiger partial charge in [-0.15, -0.1) is 0 Å². The van der Waals surface area contributed by atoms with E-state index in [4.69, 9.17) is 26.6 Å². The molecule has 1 unspecified atom stereocenters. The maximum atomic E-state index is 6.08. The van der Waals surface area contributed by atoms with Crippen LogP contribution in [0.5, 0.6) is 5.75 Å². The van der Waals surface area contributed by atoms with Gasteiger partial charge >= 0.3 is 0 Å². The highest BCUT2D eigenvalue weighted by Crippen LogP contribution is 2.38. The highest BCUT2D eigenvalue weighted by atomic mass is 35.5. The van der Waals surface area contributed by atoms with Crippen LogP contribution in [0.1, 0.15) is 26.0 Å². The normalized spacial score (nSPS) is 12.4. The molecule has 2 N–H and O–H groups in total. The molecule has 4 nitrogen and oxygen atoms in total. The molecule has 0 aliphatic heterocycles. The lowest BCUT2D eigenvalue weighted by atomic mass is 9.96. The quantitative estimate of drug-likeness (QED) is 0.899. The van der Waals surface area contributed by atoms with Gasteiger partial charge in [-0.3, -0.25) is 0 Å². The molecular weight excluding hydrogens is 276 g/mol. The molecule has 1 heterocycles. The Kier molecular flexibility index (Phi) is 4.55. The molecule has 0 amide bonds. The van der Waals surface area contributed by atoms with Crippen LogP contribution in [0.2, 0.25) is 5.02 Å². The zero-order chi connectivity index (χ0) is 14.7. The van der Waals surface area contributed by atoms with E-state index in [-0.39, 0.29) is 0 Å². The van der Waals surface area contributed by atoms with Gasteiger partial charge in [-0.05, 0) is 30.5 Å². The number of anilines is 1. The molecule has 1 atom stereocenters. The van der Waals surface area contributed by atoms with Gasteiger partial charge in [0.25, 0.3) is 0 Å². The summed E-state index contributed by atoms with van der Waals surface area (Å²) in [5, 5.41) is 4.71. The maximum Gasteiger partial charge on any atom is 0.230 e. The van der Waals surface area contributed by atoms with Gasteiger partial charge in [0.05, 0.1) is 18.4 Å². The minimum atomic E-state index is 0.295. The molecule has 0 fully saturated rings. The van der Waals surface area contributed by atoms with E-state index in [2.05, 4.69) is 19.0 Å². The number of rotatable bonds is 5. The van der Waals surface area contributed by atoms with E-state index in [9.17, 15) is 0 Å². The summed E-state index contributed by atoms with van der Waals surface area (Å²) in [7, 11) is 1.62. The first kappa shape index (κ1) is 14.7. The number of benzene rings is 1. The highest BCUT2D eigenvalue weighted by molar-refractivity contribution is 6.31. The number of hydrogen-bond donors (Lipinski definition) is 1. The van der Waals surface area contributed by atoms with Crippen molar-refractivity contribution in [1.82, 2.24) is 5.16 Å². The van der Waals surface area contributed by atoms with E-state index in [1.54, 1.807) is 13.2 Å². The van der Waals surface area contributed by atoms with Gasteiger partial charge in [0, 0.05) is 10.6 Å². The molecule has 2 rings (SSSR count). The summed E-state index contributed by atoms with van der Waals surface area (Å²) in [6.45, 7) is 4.32. The second-order valence-electron chi connectivity index (χ2n) is 4.93. The number of nitrogens with two attached hydrogens (primary N) is 1. The van der Waals surface area contributed by atoms with Gasteiger partial charge < -0.3 is 15.0 Å². The first-order valence-corrected chi connectivity index (χ1v) is 7.02. The monoisotopic (exact) mass is 294 g/mol. The molecule has 1 aromatic carbocycles. The van der Waals surface area contributed by atoms with Gasteiger partial charge in [-0.1, -0.05) is 37.0 Å². The Balaban J connectivity index is 2.52. The topological polar surface area (TPSA) is 61.3 Å². The van der Waals surface area contributed by atoms with Crippen LogP contribution in [0.3, 0.4) is 0 Å². The number of halogens is 1. The van der Waals surface area contributed by atoms with Crippen molar-refractivity contribution in [2.75, 3.05) is 12.8 Å². The lowest BCUT2D eigenvalue weighted by Gasteiger charge is -2.11. The molecule has 1 aromatic heterocycles. The van der Waals surface area contributed by atoms with Crippen molar-refractivity contribution in [3.8, 4) is 16.9 Å². The van der Waals surface area contributed by atoms with E-state index in [0.29, 0.717) is 22.6 Å². The van der Waals surface area contributed by atoms with E-state index in [1.165, 1.54) is 0 Å². The molecule has 0 spiro atoms. The fourth-order valence-electron chi connectivity index (χ4n) is 2.12. The Labute approximate surface area is 123 Å². The van der Waals surface area contributed by atoms with Crippen molar-refractivity contribution in [2.45, 2.75) is 26.7 Å². The predicted molar refractivity (Wildman–Crippen MR) is 81.1 cm³/mol. The summed E-state index contributed by atoms with van der Waals surface area (Å²) in [6.07, 6.45) is 1.88. The third kappa shape index (κ3) is 2.90. The first-order chi connectivity index (χ1) is 9.56. The van der Waals surface area contributed by atoms with Crippen molar-refractivity contribution in [3.05, 3.63) is 28.9 Å². The smallest absolute Gasteiger partial charge is 0.230 e. The molecule has 0 saturated carbocycles. The van der Waals surface area contributed by atoms with Crippen molar-refractivity contribution < 1.29 is 9.26 Å². The minimum Gasteiger partial charge on any atom is -0.496 e. The second kappa shape index (κ2) is 6.18. The highest BCUT2D eigenvalue weighted by Gasteiger charge is 2.20. The lowest BCUT2D eigenvalue weighted by molar-refractivity contribution is 0.416. The van der Waals surface area contributed by atoms with Gasteiger partial charge in [0.1, 0.15) is 5.75 Å². The van der Waals surface area contributed by atoms with E-state index >= 15 is 0 Å². The molecule has 0 radical (unpaired) electrons. The van der Waals surface area contributed by atoms with Crippen molar-refractivity contribution >= 4 is 17.5 Å². The Bertz CT molecular complexity index is 596. The number of nitrogen functional groups attached to an aromatic ring is 1. The van der Waals surface area contributed by atoms with Gasteiger partial charge in [-0.2, -0.15) is 0 Å². The second-order valence-corrected chi connectivity index (χ2v) is 5.37. The van der Waals surface area contributed by atoms with Gasteiger partial charge in [0.2, 0.25) is 5.88 Å². The minimum absolute atomic E-state index is 0.295. The van der Waals surface area contributed by atoms with Crippen LogP contribution in [-0.2, 0) is 6.42 Å². The average molecular weight is 295 g/mol. The van der Waals surface area contributed by atoms with Crippen LogP contribution >= 0.6 is 11.6 Å². The number of ether oxygens (including phenoxy) is 1. The lowest BCUT2D eigenvalue weighted by Crippen LogP contribution is -2.01. The Hall–Kier alpha value is -1.68. The Morgan fingerprint density at radius 2 is 2.20 bits per heavy atom. The van der Waals surface area contributed by atoms with Crippen molar-refractivity contribution in [2.24, 2.45) is 5.92 Å². The van der Waals surface area contributed by atoms with Gasteiger partial charge in [0.15, 0.2) is 0 Å². The average Bonchev–Trinajstić information content (AvgIpc) is 2.79. The number of hydrogen-bond acceptors (Lipinski definition) is 4. The molecule has 0 aliphatic carbocycles. The summed E-state index contributed by atoms with van der Waals surface area (Å²) in [5.74, 6) is 1.50. The summed E-state index contributed by atoms with van der Waals surface area (Å²) >= 11 is 6.08. The van der Waals surface area contributed by atoms with Crippen LogP contribution in [0.4, 0.5) is 5.88 Å². The Morgan fingerprint density at radius 3 is 2.85 bits per heavy atom. The van der Waals surface area contributed by atoms with E-state index in [0.717, 1.165) is 29.7 Å². The van der Waals surface area contributed by atoms with Crippen LogP contribution in [0, 0.1) is 5.92 Å². The van der Waals surface area contributed by atoms with E-state index < -0.39 is 0 Å². The van der Waals surface area contributed by atoms with Crippen molar-refractivity contribution in [3.63, 3.8) is 0 Å². The number of aromatic nitrogens is 1. The maximum absolute atomic E-state index is 6.08. The molecule has 0 saturated heterocycles. The van der Waals surface area contributed by atoms with Gasteiger partial charge in [-0.25, -0.2) is 0 Å². The number of nitrogens with zero attached hydrogens (tertiary/aromatic N) is 1. The summed E-state index contributed by atoms with van der Waals surface area (Å²) < 4.78 is 10.5. The van der Waals surface area contributed by atoms with Crippen LogP contribution in [0.15, 0.2) is 22.7 Å². The fraction of sp³-hybridized carbons (Fsp3) is 0.400. The first-order valence-electron chi connectivity index (χ1n) is 6.64. The standard InChI is InChI=1S/C15H19ClN2O2/c1-4-9(2)7-12-14(15(17)20-18-12)11-8-10(16)5-6-13(11)19-3/h5-6,8-9H,4,7,17H2,1-3H3. The largest absolute Gasteiger partial charge is 0.496 e. The SMILES string of the molecule is CCC(C)Cc1noc(N)c1-c1cc(Cl)ccc1OC. The van der Waals surface area contributed by atoms with E-state index in [1.807, 2.05) is 12.1 Å². The zero-order valence-corrected chi connectivity index (χ0v) is 12.7. The number of methoxy groups -OCH3 is 1. The molecule has 2 aromatic rings. The van der Waals surface area contributed by atoms with Crippen LogP contribution in [0.25, 0.3) is 11.1 Å². The summed E-state index contributed by atoms with van der Waals surface area (Å²) in [6, 6.07) is 5.42. The third-order valence-electron chi connectivity index (χ3n) is 3.46. The molecule has 20 heavy (non-hydrogen) atoms. The predicted octanol–water partition coefficient (Wildman–Crippen LogP) is 4.17. The summed E-state index contributed by atoms with van der Waals surface area (Å²) in [4.78, 5) is 0. The Morgan fingerprint density at radius 1 is 1.45 bits per heavy atom. The fourth-order valence-corrected chi connectivity index (χ4v) is 2.29.